The van der Waals surface area contributed by atoms with E-state index in [-0.39, 0.29) is 11.8 Å². The van der Waals surface area contributed by atoms with E-state index in [4.69, 9.17) is 5.73 Å². The van der Waals surface area contributed by atoms with Crippen LogP contribution in [0.2, 0.25) is 0 Å². The normalized spacial score (nSPS) is 18.3. The summed E-state index contributed by atoms with van der Waals surface area (Å²) in [5, 5.41) is 0. The van der Waals surface area contributed by atoms with Crippen molar-refractivity contribution >= 4 is 11.8 Å². The van der Waals surface area contributed by atoms with Gasteiger partial charge in [0.25, 0.3) is 0 Å². The number of nitrogens with two attached hydrogens (primary N) is 1. The van der Waals surface area contributed by atoms with E-state index in [1.165, 1.54) is 38.5 Å². The molecule has 0 aromatic heterocycles. The Morgan fingerprint density at radius 2 is 1.20 bits per heavy atom. The molecule has 2 amide bonds. The highest BCUT2D eigenvalue weighted by atomic mass is 16.2. The largest absolute Gasteiger partial charge is 0.370 e. The standard InChI is InChI=1S/C16H30N2O2/c17-15(19)11-7-8-12-16(20)18-13-9-5-3-1-2-4-6-10-14-18/h1-14H2,(H2,17,19). The maximum Gasteiger partial charge on any atom is 0.222 e. The van der Waals surface area contributed by atoms with Crippen molar-refractivity contribution in [2.75, 3.05) is 13.1 Å². The van der Waals surface area contributed by atoms with E-state index < -0.39 is 0 Å². The second-order valence-corrected chi connectivity index (χ2v) is 5.88. The van der Waals surface area contributed by atoms with Crippen LogP contribution in [0.25, 0.3) is 0 Å². The van der Waals surface area contributed by atoms with Crippen LogP contribution in [0.1, 0.15) is 77.0 Å². The molecule has 1 aliphatic heterocycles. The van der Waals surface area contributed by atoms with Crippen LogP contribution in [0.3, 0.4) is 0 Å². The number of carbonyl (C=O) groups is 2. The quantitative estimate of drug-likeness (QED) is 0.788. The van der Waals surface area contributed by atoms with Crippen molar-refractivity contribution in [2.24, 2.45) is 5.73 Å². The molecule has 0 aliphatic carbocycles. The van der Waals surface area contributed by atoms with Gasteiger partial charge in [-0.25, -0.2) is 0 Å². The molecule has 4 nitrogen and oxygen atoms in total. The average molecular weight is 282 g/mol. The Labute approximate surface area is 123 Å². The molecule has 2 N–H and O–H groups in total. The van der Waals surface area contributed by atoms with Crippen LogP contribution in [0, 0.1) is 0 Å². The molecule has 0 atom stereocenters. The summed E-state index contributed by atoms with van der Waals surface area (Å²) in [6, 6.07) is 0. The SMILES string of the molecule is NC(=O)CCCCC(=O)N1CCCCCCCCCC1. The van der Waals surface area contributed by atoms with Gasteiger partial charge in [0.1, 0.15) is 0 Å². The first-order valence-corrected chi connectivity index (χ1v) is 8.26. The van der Waals surface area contributed by atoms with Crippen molar-refractivity contribution in [1.29, 1.82) is 0 Å². The third-order valence-corrected chi connectivity index (χ3v) is 4.02. The molecule has 116 valence electrons. The Kier molecular flexibility index (Phi) is 9.09. The number of rotatable bonds is 5. The van der Waals surface area contributed by atoms with E-state index >= 15 is 0 Å². The lowest BCUT2D eigenvalue weighted by Gasteiger charge is -2.22. The number of hydrogen-bond acceptors (Lipinski definition) is 2. The number of amides is 2. The fourth-order valence-electron chi connectivity index (χ4n) is 2.76. The fraction of sp³-hybridized carbons (Fsp3) is 0.875. The lowest BCUT2D eigenvalue weighted by molar-refractivity contribution is -0.131. The van der Waals surface area contributed by atoms with Gasteiger partial charge in [-0.1, -0.05) is 38.5 Å². The molecule has 0 saturated carbocycles. The van der Waals surface area contributed by atoms with Gasteiger partial charge in [-0.05, 0) is 25.7 Å². The minimum Gasteiger partial charge on any atom is -0.370 e. The lowest BCUT2D eigenvalue weighted by Crippen LogP contribution is -2.32. The summed E-state index contributed by atoms with van der Waals surface area (Å²) in [4.78, 5) is 24.9. The highest BCUT2D eigenvalue weighted by Crippen LogP contribution is 2.13. The van der Waals surface area contributed by atoms with Crippen molar-refractivity contribution in [3.05, 3.63) is 0 Å². The van der Waals surface area contributed by atoms with Crippen molar-refractivity contribution in [1.82, 2.24) is 4.90 Å². The Morgan fingerprint density at radius 3 is 1.70 bits per heavy atom. The lowest BCUT2D eigenvalue weighted by atomic mass is 10.1. The molecule has 1 fully saturated rings. The van der Waals surface area contributed by atoms with E-state index in [1.54, 1.807) is 0 Å². The zero-order chi connectivity index (χ0) is 14.6. The Bertz CT molecular complexity index is 280. The summed E-state index contributed by atoms with van der Waals surface area (Å²) in [5.41, 5.74) is 5.10. The topological polar surface area (TPSA) is 63.4 Å². The molecule has 1 rings (SSSR count). The first-order valence-electron chi connectivity index (χ1n) is 8.26. The maximum atomic E-state index is 12.2. The molecule has 0 spiro atoms. The highest BCUT2D eigenvalue weighted by Gasteiger charge is 2.13. The molecular formula is C16H30N2O2. The summed E-state index contributed by atoms with van der Waals surface area (Å²) in [6.07, 6.45) is 12.5. The first-order chi connectivity index (χ1) is 9.70. The highest BCUT2D eigenvalue weighted by molar-refractivity contribution is 5.76. The summed E-state index contributed by atoms with van der Waals surface area (Å²) in [7, 11) is 0. The predicted octanol–water partition coefficient (Wildman–Crippen LogP) is 3.00. The Morgan fingerprint density at radius 1 is 0.750 bits per heavy atom. The van der Waals surface area contributed by atoms with Crippen LogP contribution in [0.5, 0.6) is 0 Å². The summed E-state index contributed by atoms with van der Waals surface area (Å²) in [5.74, 6) is -0.0126. The van der Waals surface area contributed by atoms with Gasteiger partial charge in [-0.3, -0.25) is 9.59 Å². The molecule has 1 saturated heterocycles. The molecule has 0 aromatic rings. The van der Waals surface area contributed by atoms with Crippen molar-refractivity contribution in [3.8, 4) is 0 Å². The van der Waals surface area contributed by atoms with Gasteiger partial charge in [0.05, 0.1) is 0 Å². The van der Waals surface area contributed by atoms with Gasteiger partial charge in [0, 0.05) is 25.9 Å². The monoisotopic (exact) mass is 282 g/mol. The number of hydrogen-bond donors (Lipinski definition) is 1. The van der Waals surface area contributed by atoms with E-state index in [0.29, 0.717) is 12.8 Å². The average Bonchev–Trinajstić information content (AvgIpc) is 2.48. The third-order valence-electron chi connectivity index (χ3n) is 4.02. The fourth-order valence-corrected chi connectivity index (χ4v) is 2.76. The molecule has 0 radical (unpaired) electrons. The van der Waals surface area contributed by atoms with Crippen molar-refractivity contribution < 1.29 is 9.59 Å². The van der Waals surface area contributed by atoms with Gasteiger partial charge >= 0.3 is 0 Å². The molecule has 1 aliphatic rings. The molecule has 0 bridgehead atoms. The molecule has 0 unspecified atom stereocenters. The molecule has 20 heavy (non-hydrogen) atoms. The van der Waals surface area contributed by atoms with Crippen LogP contribution in [0.15, 0.2) is 0 Å². The number of primary amides is 1. The summed E-state index contributed by atoms with van der Waals surface area (Å²) in [6.45, 7) is 1.82. The number of carbonyl (C=O) groups excluding carboxylic acids is 2. The number of nitrogens with zero attached hydrogens (tertiary/aromatic N) is 1. The van der Waals surface area contributed by atoms with Crippen LogP contribution in [-0.2, 0) is 9.59 Å². The Balaban J connectivity index is 2.27. The third kappa shape index (κ3) is 8.18. The minimum atomic E-state index is -0.271. The van der Waals surface area contributed by atoms with Crippen LogP contribution < -0.4 is 5.73 Å². The van der Waals surface area contributed by atoms with Crippen LogP contribution in [0.4, 0.5) is 0 Å². The van der Waals surface area contributed by atoms with E-state index in [2.05, 4.69) is 0 Å². The molecule has 1 heterocycles. The zero-order valence-corrected chi connectivity index (χ0v) is 12.7. The van der Waals surface area contributed by atoms with Crippen molar-refractivity contribution in [3.63, 3.8) is 0 Å². The van der Waals surface area contributed by atoms with Crippen molar-refractivity contribution in [2.45, 2.75) is 77.0 Å². The van der Waals surface area contributed by atoms with Gasteiger partial charge in [-0.2, -0.15) is 0 Å². The summed E-state index contributed by atoms with van der Waals surface area (Å²) < 4.78 is 0. The smallest absolute Gasteiger partial charge is 0.222 e. The van der Waals surface area contributed by atoms with Gasteiger partial charge < -0.3 is 10.6 Å². The number of unbranched alkanes of at least 4 members (excludes halogenated alkanes) is 1. The van der Waals surface area contributed by atoms with Gasteiger partial charge in [0.15, 0.2) is 0 Å². The van der Waals surface area contributed by atoms with E-state index in [0.717, 1.165) is 38.8 Å². The zero-order valence-electron chi connectivity index (χ0n) is 12.7. The van der Waals surface area contributed by atoms with E-state index in [9.17, 15) is 9.59 Å². The second kappa shape index (κ2) is 10.7. The maximum absolute atomic E-state index is 12.2. The second-order valence-electron chi connectivity index (χ2n) is 5.88. The predicted molar refractivity (Wildman–Crippen MR) is 81.2 cm³/mol. The molecule has 0 aromatic carbocycles. The first kappa shape index (κ1) is 17.0. The van der Waals surface area contributed by atoms with Gasteiger partial charge in [-0.15, -0.1) is 0 Å². The van der Waals surface area contributed by atoms with Gasteiger partial charge in [0.2, 0.25) is 11.8 Å². The Hall–Kier alpha value is -1.06. The van der Waals surface area contributed by atoms with Crippen LogP contribution in [-0.4, -0.2) is 29.8 Å². The summed E-state index contributed by atoms with van der Waals surface area (Å²) >= 11 is 0. The molecular weight excluding hydrogens is 252 g/mol. The van der Waals surface area contributed by atoms with E-state index in [1.807, 2.05) is 4.90 Å². The van der Waals surface area contributed by atoms with Crippen LogP contribution >= 0.6 is 0 Å². The molecule has 4 heteroatoms. The minimum absolute atomic E-state index is 0.258.